The maximum atomic E-state index is 14.2. The van der Waals surface area contributed by atoms with Crippen molar-refractivity contribution >= 4 is 33.1 Å². The highest BCUT2D eigenvalue weighted by atomic mass is 16.1. The molecule has 0 radical (unpaired) electrons. The molecule has 1 aliphatic rings. The molecule has 0 amide bonds. The van der Waals surface area contributed by atoms with Gasteiger partial charge in [0.25, 0.3) is 0 Å². The second kappa shape index (κ2) is 11.0. The third-order valence-corrected chi connectivity index (χ3v) is 9.09. The summed E-state index contributed by atoms with van der Waals surface area (Å²) in [4.78, 5) is 45.9. The van der Waals surface area contributed by atoms with Gasteiger partial charge in [0.1, 0.15) is 0 Å². The molecule has 0 N–H and O–H groups in total. The predicted octanol–water partition coefficient (Wildman–Crippen LogP) is 9.02. The molecule has 0 spiro atoms. The molecule has 0 atom stereocenters. The van der Waals surface area contributed by atoms with Crippen LogP contribution in [0.1, 0.15) is 31.8 Å². The lowest BCUT2D eigenvalue weighted by molar-refractivity contribution is 0.0979. The number of benzene rings is 4. The van der Waals surface area contributed by atoms with Crippen molar-refractivity contribution in [2.24, 2.45) is 0 Å². The third-order valence-electron chi connectivity index (χ3n) is 9.09. The number of ketones is 2. The molecule has 9 rings (SSSR count). The minimum atomic E-state index is -0.165. The number of nitrogens with zero attached hydrogens (tertiary/aromatic N) is 4. The molecule has 0 saturated carbocycles. The van der Waals surface area contributed by atoms with Gasteiger partial charge >= 0.3 is 0 Å². The quantitative estimate of drug-likeness (QED) is 0.196. The molecule has 0 fully saturated rings. The summed E-state index contributed by atoms with van der Waals surface area (Å²) in [6, 6.07) is 31.4. The first-order chi connectivity index (χ1) is 23.6. The molecule has 8 aromatic rings. The van der Waals surface area contributed by atoms with Crippen molar-refractivity contribution in [1.29, 1.82) is 0 Å². The predicted molar refractivity (Wildman–Crippen MR) is 188 cm³/mol. The molecular formula is C42H24N4O2. The standard InChI is InChI=1S/C42H24N4O2/c47-41-37-17-29-13-33(25-5-1-9-43-21-25)34(26-6-2-10-44-22-26)14-30(29)18-38(37)42(48)40-20-32-16-36(28-8-4-12-46-24-28)35(15-31(32)19-39(40)41)27-7-3-11-45-23-27/h1-24H. The van der Waals surface area contributed by atoms with E-state index in [2.05, 4.69) is 44.2 Å². The fourth-order valence-electron chi connectivity index (χ4n) is 6.78. The summed E-state index contributed by atoms with van der Waals surface area (Å²) in [5.74, 6) is -0.330. The van der Waals surface area contributed by atoms with E-state index in [1.54, 1.807) is 24.8 Å². The van der Waals surface area contributed by atoms with Crippen LogP contribution in [0, 0.1) is 0 Å². The Balaban J connectivity index is 1.23. The van der Waals surface area contributed by atoms with Gasteiger partial charge in [0.2, 0.25) is 0 Å². The number of fused-ring (bicyclic) bond motifs is 4. The monoisotopic (exact) mass is 616 g/mol. The molecule has 224 valence electrons. The lowest BCUT2D eigenvalue weighted by Crippen LogP contribution is -2.21. The summed E-state index contributed by atoms with van der Waals surface area (Å²) in [6.07, 6.45) is 14.3. The Morgan fingerprint density at radius 3 is 0.750 bits per heavy atom. The van der Waals surface area contributed by atoms with Crippen LogP contribution in [0.4, 0.5) is 0 Å². The van der Waals surface area contributed by atoms with E-state index in [4.69, 9.17) is 0 Å². The van der Waals surface area contributed by atoms with E-state index in [-0.39, 0.29) is 11.6 Å². The van der Waals surface area contributed by atoms with E-state index in [1.807, 2.05) is 97.6 Å². The zero-order chi connectivity index (χ0) is 32.2. The molecular weight excluding hydrogens is 592 g/mol. The Hall–Kier alpha value is -6.66. The third kappa shape index (κ3) is 4.50. The van der Waals surface area contributed by atoms with Crippen molar-refractivity contribution in [3.63, 3.8) is 0 Å². The topological polar surface area (TPSA) is 85.7 Å². The summed E-state index contributed by atoms with van der Waals surface area (Å²) >= 11 is 0. The van der Waals surface area contributed by atoms with Gasteiger partial charge in [-0.15, -0.1) is 0 Å². The minimum absolute atomic E-state index is 0.165. The molecule has 4 heterocycles. The number of rotatable bonds is 4. The van der Waals surface area contributed by atoms with Crippen LogP contribution in [0.25, 0.3) is 66.1 Å². The molecule has 4 aromatic heterocycles. The second-order valence-electron chi connectivity index (χ2n) is 11.9. The Bertz CT molecular complexity index is 2210. The Labute approximate surface area is 275 Å². The molecule has 0 unspecified atom stereocenters. The fourth-order valence-corrected chi connectivity index (χ4v) is 6.78. The number of pyridine rings is 4. The molecule has 0 saturated heterocycles. The highest BCUT2D eigenvalue weighted by Gasteiger charge is 2.31. The highest BCUT2D eigenvalue weighted by molar-refractivity contribution is 6.31. The van der Waals surface area contributed by atoms with Crippen molar-refractivity contribution in [1.82, 2.24) is 19.9 Å². The van der Waals surface area contributed by atoms with E-state index in [1.165, 1.54) is 0 Å². The van der Waals surface area contributed by atoms with Gasteiger partial charge in [0.05, 0.1) is 0 Å². The van der Waals surface area contributed by atoms with E-state index in [0.717, 1.165) is 66.1 Å². The lowest BCUT2D eigenvalue weighted by atomic mass is 9.80. The largest absolute Gasteiger partial charge is 0.289 e. The van der Waals surface area contributed by atoms with Crippen molar-refractivity contribution in [3.05, 3.63) is 169 Å². The molecule has 4 aromatic carbocycles. The van der Waals surface area contributed by atoms with Crippen LogP contribution >= 0.6 is 0 Å². The van der Waals surface area contributed by atoms with E-state index >= 15 is 0 Å². The lowest BCUT2D eigenvalue weighted by Gasteiger charge is -2.21. The van der Waals surface area contributed by atoms with Crippen LogP contribution in [0.2, 0.25) is 0 Å². The van der Waals surface area contributed by atoms with E-state index in [0.29, 0.717) is 22.3 Å². The van der Waals surface area contributed by atoms with E-state index < -0.39 is 0 Å². The van der Waals surface area contributed by atoms with Crippen LogP contribution in [0.3, 0.4) is 0 Å². The van der Waals surface area contributed by atoms with Gasteiger partial charge in [-0.05, 0) is 117 Å². The first kappa shape index (κ1) is 27.6. The zero-order valence-corrected chi connectivity index (χ0v) is 25.5. The number of hydrogen-bond donors (Lipinski definition) is 0. The van der Waals surface area contributed by atoms with E-state index in [9.17, 15) is 9.59 Å². The van der Waals surface area contributed by atoms with Gasteiger partial charge in [-0.1, -0.05) is 24.3 Å². The van der Waals surface area contributed by atoms with Crippen LogP contribution < -0.4 is 0 Å². The van der Waals surface area contributed by atoms with Crippen molar-refractivity contribution in [3.8, 4) is 44.5 Å². The number of aromatic nitrogens is 4. The highest BCUT2D eigenvalue weighted by Crippen LogP contribution is 2.40. The number of carbonyl (C=O) groups excluding carboxylic acids is 2. The summed E-state index contributed by atoms with van der Waals surface area (Å²) in [5, 5.41) is 3.47. The van der Waals surface area contributed by atoms with Gasteiger partial charge < -0.3 is 0 Å². The van der Waals surface area contributed by atoms with Crippen LogP contribution in [0.5, 0.6) is 0 Å². The number of carbonyl (C=O) groups is 2. The Morgan fingerprint density at radius 2 is 0.542 bits per heavy atom. The summed E-state index contributed by atoms with van der Waals surface area (Å²) in [7, 11) is 0. The maximum Gasteiger partial charge on any atom is 0.194 e. The van der Waals surface area contributed by atoms with Crippen molar-refractivity contribution in [2.75, 3.05) is 0 Å². The van der Waals surface area contributed by atoms with Gasteiger partial charge in [-0.2, -0.15) is 0 Å². The SMILES string of the molecule is O=C1c2cc3cc(-c4cccnc4)c(-c4cccnc4)cc3cc2C(=O)c2cc3cc(-c4cccnc4)c(-c4cccnc4)cc3cc21. The zero-order valence-electron chi connectivity index (χ0n) is 25.5. The summed E-state index contributed by atoms with van der Waals surface area (Å²) < 4.78 is 0. The van der Waals surface area contributed by atoms with Crippen LogP contribution in [-0.2, 0) is 0 Å². The molecule has 6 heteroatoms. The normalized spacial score (nSPS) is 12.2. The average Bonchev–Trinajstić information content (AvgIpc) is 3.16. The summed E-state index contributed by atoms with van der Waals surface area (Å²) in [5.41, 5.74) is 9.30. The van der Waals surface area contributed by atoms with Gasteiger partial charge in [-0.25, -0.2) is 0 Å². The second-order valence-corrected chi connectivity index (χ2v) is 11.9. The van der Waals surface area contributed by atoms with Crippen LogP contribution in [-0.4, -0.2) is 31.5 Å². The van der Waals surface area contributed by atoms with Gasteiger partial charge in [0, 0.05) is 94.1 Å². The van der Waals surface area contributed by atoms with Crippen LogP contribution in [0.15, 0.2) is 147 Å². The fraction of sp³-hybridized carbons (Fsp3) is 0. The smallest absolute Gasteiger partial charge is 0.194 e. The Kier molecular flexibility index (Phi) is 6.33. The van der Waals surface area contributed by atoms with Gasteiger partial charge in [-0.3, -0.25) is 29.5 Å². The maximum absolute atomic E-state index is 14.2. The molecule has 0 bridgehead atoms. The minimum Gasteiger partial charge on any atom is -0.289 e. The molecule has 0 aliphatic heterocycles. The first-order valence-electron chi connectivity index (χ1n) is 15.6. The van der Waals surface area contributed by atoms with Crippen molar-refractivity contribution in [2.45, 2.75) is 0 Å². The Morgan fingerprint density at radius 1 is 0.312 bits per heavy atom. The van der Waals surface area contributed by atoms with Gasteiger partial charge in [0.15, 0.2) is 11.6 Å². The first-order valence-corrected chi connectivity index (χ1v) is 15.6. The molecule has 6 nitrogen and oxygen atoms in total. The molecule has 48 heavy (non-hydrogen) atoms. The van der Waals surface area contributed by atoms with Crippen molar-refractivity contribution < 1.29 is 9.59 Å². The average molecular weight is 617 g/mol. The molecule has 1 aliphatic carbocycles. The number of hydrogen-bond acceptors (Lipinski definition) is 6. The summed E-state index contributed by atoms with van der Waals surface area (Å²) in [6.45, 7) is 0.